The molecule has 0 saturated carbocycles. The molecule has 0 radical (unpaired) electrons. The maximum absolute atomic E-state index is 12.7. The van der Waals surface area contributed by atoms with Gasteiger partial charge in [0.05, 0.1) is 10.6 Å². The number of benzene rings is 2. The molecule has 3 rings (SSSR count). The normalized spacial score (nSPS) is 18.1. The van der Waals surface area contributed by atoms with Crippen molar-refractivity contribution in [3.05, 3.63) is 65.2 Å². The van der Waals surface area contributed by atoms with Gasteiger partial charge in [-0.05, 0) is 42.7 Å². The fourth-order valence-corrected chi connectivity index (χ4v) is 4.88. The van der Waals surface area contributed by atoms with Gasteiger partial charge in [-0.15, -0.1) is 0 Å². The Morgan fingerprint density at radius 2 is 1.74 bits per heavy atom. The van der Waals surface area contributed by atoms with Crippen LogP contribution in [0.2, 0.25) is 5.02 Å². The number of amides is 1. The molecule has 144 valence electrons. The summed E-state index contributed by atoms with van der Waals surface area (Å²) in [5, 5.41) is 0.700. The lowest BCUT2D eigenvalue weighted by molar-refractivity contribution is -0.130. The highest BCUT2D eigenvalue weighted by molar-refractivity contribution is 7.91. The summed E-state index contributed by atoms with van der Waals surface area (Å²) in [6.07, 6.45) is 3.04. The summed E-state index contributed by atoms with van der Waals surface area (Å²) >= 11 is 5.98. The van der Waals surface area contributed by atoms with Crippen LogP contribution >= 0.6 is 11.6 Å². The number of sulfone groups is 1. The summed E-state index contributed by atoms with van der Waals surface area (Å²) in [5.41, 5.74) is 1.18. The standard InChI is InChI=1S/C21H24ClNO3S/c22-19-11-9-17(10-12-19)18-6-4-5-14-23(16-18)21(24)13-15-27(25,26)20-7-2-1-3-8-20/h1-3,7-12,18H,4-6,13-16H2. The highest BCUT2D eigenvalue weighted by atomic mass is 35.5. The van der Waals surface area contributed by atoms with Crippen molar-refractivity contribution in [3.8, 4) is 0 Å². The molecule has 4 nitrogen and oxygen atoms in total. The minimum atomic E-state index is -3.44. The van der Waals surface area contributed by atoms with E-state index >= 15 is 0 Å². The van der Waals surface area contributed by atoms with Gasteiger partial charge in [0.1, 0.15) is 0 Å². The van der Waals surface area contributed by atoms with E-state index in [1.54, 1.807) is 30.3 Å². The molecular weight excluding hydrogens is 382 g/mol. The SMILES string of the molecule is O=C(CCS(=O)(=O)c1ccccc1)N1CCCCC(c2ccc(Cl)cc2)C1. The zero-order valence-corrected chi connectivity index (χ0v) is 16.8. The minimum Gasteiger partial charge on any atom is -0.342 e. The van der Waals surface area contributed by atoms with Crippen molar-refractivity contribution in [3.63, 3.8) is 0 Å². The number of hydrogen-bond donors (Lipinski definition) is 0. The Hall–Kier alpha value is -1.85. The van der Waals surface area contributed by atoms with Crippen LogP contribution in [-0.2, 0) is 14.6 Å². The third kappa shape index (κ3) is 5.33. The summed E-state index contributed by atoms with van der Waals surface area (Å²) < 4.78 is 24.8. The van der Waals surface area contributed by atoms with Crippen molar-refractivity contribution in [1.29, 1.82) is 0 Å². The fourth-order valence-electron chi connectivity index (χ4n) is 3.50. The van der Waals surface area contributed by atoms with Crippen molar-refractivity contribution >= 4 is 27.3 Å². The Bertz CT molecular complexity index is 866. The van der Waals surface area contributed by atoms with Crippen molar-refractivity contribution in [1.82, 2.24) is 4.90 Å². The minimum absolute atomic E-state index is 0.0184. The number of likely N-dealkylation sites (tertiary alicyclic amines) is 1. The molecule has 2 aromatic carbocycles. The first kappa shape index (κ1) is 19.9. The molecule has 1 aliphatic heterocycles. The molecule has 0 bridgehead atoms. The van der Waals surface area contributed by atoms with Crippen LogP contribution in [-0.4, -0.2) is 38.1 Å². The van der Waals surface area contributed by atoms with Crippen LogP contribution in [0.4, 0.5) is 0 Å². The fraction of sp³-hybridized carbons (Fsp3) is 0.381. The molecule has 1 fully saturated rings. The van der Waals surface area contributed by atoms with Crippen molar-refractivity contribution < 1.29 is 13.2 Å². The van der Waals surface area contributed by atoms with Gasteiger partial charge < -0.3 is 4.90 Å². The summed E-state index contributed by atoms with van der Waals surface area (Å²) in [4.78, 5) is 14.8. The first-order valence-corrected chi connectivity index (χ1v) is 11.3. The number of hydrogen-bond acceptors (Lipinski definition) is 3. The molecule has 1 amide bonds. The number of halogens is 1. The lowest BCUT2D eigenvalue weighted by atomic mass is 9.94. The summed E-state index contributed by atoms with van der Waals surface area (Å²) in [6, 6.07) is 16.1. The molecule has 1 atom stereocenters. The zero-order valence-electron chi connectivity index (χ0n) is 15.2. The molecule has 6 heteroatoms. The van der Waals surface area contributed by atoms with Gasteiger partial charge in [0, 0.05) is 30.5 Å². The number of carbonyl (C=O) groups is 1. The van der Waals surface area contributed by atoms with Crippen LogP contribution in [0.1, 0.15) is 37.2 Å². The van der Waals surface area contributed by atoms with E-state index in [4.69, 9.17) is 11.6 Å². The average Bonchev–Trinajstić information content (AvgIpc) is 2.94. The van der Waals surface area contributed by atoms with Crippen LogP contribution in [0.15, 0.2) is 59.5 Å². The molecule has 27 heavy (non-hydrogen) atoms. The molecule has 1 saturated heterocycles. The average molecular weight is 406 g/mol. The van der Waals surface area contributed by atoms with Crippen LogP contribution in [0.25, 0.3) is 0 Å². The summed E-state index contributed by atoms with van der Waals surface area (Å²) in [6.45, 7) is 1.32. The zero-order chi connectivity index (χ0) is 19.3. The highest BCUT2D eigenvalue weighted by Crippen LogP contribution is 2.28. The van der Waals surface area contributed by atoms with E-state index < -0.39 is 9.84 Å². The van der Waals surface area contributed by atoms with Crippen LogP contribution in [0.5, 0.6) is 0 Å². The molecule has 1 aliphatic rings. The molecular formula is C21H24ClNO3S. The Kier molecular flexibility index (Phi) is 6.55. The topological polar surface area (TPSA) is 54.5 Å². The van der Waals surface area contributed by atoms with E-state index in [0.717, 1.165) is 19.3 Å². The van der Waals surface area contributed by atoms with Gasteiger partial charge in [-0.3, -0.25) is 4.79 Å². The second-order valence-corrected chi connectivity index (χ2v) is 9.51. The molecule has 2 aromatic rings. The quantitative estimate of drug-likeness (QED) is 0.745. The van der Waals surface area contributed by atoms with Crippen molar-refractivity contribution in [2.75, 3.05) is 18.8 Å². The van der Waals surface area contributed by atoms with Gasteiger partial charge in [0.15, 0.2) is 9.84 Å². The molecule has 1 heterocycles. The Morgan fingerprint density at radius 3 is 2.44 bits per heavy atom. The van der Waals surface area contributed by atoms with Gasteiger partial charge >= 0.3 is 0 Å². The van der Waals surface area contributed by atoms with E-state index in [-0.39, 0.29) is 28.9 Å². The predicted molar refractivity (Wildman–Crippen MR) is 108 cm³/mol. The monoisotopic (exact) mass is 405 g/mol. The van der Waals surface area contributed by atoms with Gasteiger partial charge in [-0.2, -0.15) is 0 Å². The summed E-state index contributed by atoms with van der Waals surface area (Å²) in [7, 11) is -3.44. The third-order valence-corrected chi connectivity index (χ3v) is 7.04. The number of rotatable bonds is 5. The van der Waals surface area contributed by atoms with Gasteiger partial charge in [0.2, 0.25) is 5.91 Å². The van der Waals surface area contributed by atoms with Gasteiger partial charge in [-0.25, -0.2) is 8.42 Å². The van der Waals surface area contributed by atoms with Crippen LogP contribution in [0, 0.1) is 0 Å². The lowest BCUT2D eigenvalue weighted by Crippen LogP contribution is -2.35. The van der Waals surface area contributed by atoms with E-state index in [2.05, 4.69) is 0 Å². The first-order valence-electron chi connectivity index (χ1n) is 9.27. The highest BCUT2D eigenvalue weighted by Gasteiger charge is 2.24. The molecule has 0 aliphatic carbocycles. The van der Waals surface area contributed by atoms with E-state index in [9.17, 15) is 13.2 Å². The van der Waals surface area contributed by atoms with Crippen molar-refractivity contribution in [2.24, 2.45) is 0 Å². The maximum atomic E-state index is 12.7. The molecule has 0 N–H and O–H groups in total. The van der Waals surface area contributed by atoms with Gasteiger partial charge in [0.25, 0.3) is 0 Å². The van der Waals surface area contributed by atoms with Gasteiger partial charge in [-0.1, -0.05) is 48.4 Å². The van der Waals surface area contributed by atoms with E-state index in [1.807, 2.05) is 29.2 Å². The molecule has 0 spiro atoms. The molecule has 0 aromatic heterocycles. The second kappa shape index (κ2) is 8.89. The first-order chi connectivity index (χ1) is 13.0. The third-order valence-electron chi connectivity index (χ3n) is 5.05. The lowest BCUT2D eigenvalue weighted by Gasteiger charge is -2.25. The second-order valence-electron chi connectivity index (χ2n) is 6.97. The number of nitrogens with zero attached hydrogens (tertiary/aromatic N) is 1. The Balaban J connectivity index is 1.64. The van der Waals surface area contributed by atoms with E-state index in [0.29, 0.717) is 18.1 Å². The Morgan fingerprint density at radius 1 is 1.04 bits per heavy atom. The van der Waals surface area contributed by atoms with Crippen LogP contribution < -0.4 is 0 Å². The smallest absolute Gasteiger partial charge is 0.223 e. The molecule has 1 unspecified atom stereocenters. The largest absolute Gasteiger partial charge is 0.342 e. The van der Waals surface area contributed by atoms with E-state index in [1.165, 1.54) is 5.56 Å². The Labute approximate surface area is 166 Å². The predicted octanol–water partition coefficient (Wildman–Crippen LogP) is 4.30. The summed E-state index contributed by atoms with van der Waals surface area (Å²) in [5.74, 6) is 0.0210. The maximum Gasteiger partial charge on any atom is 0.223 e. The number of carbonyl (C=O) groups excluding carboxylic acids is 1. The van der Waals surface area contributed by atoms with Crippen molar-refractivity contribution in [2.45, 2.75) is 36.5 Å². The van der Waals surface area contributed by atoms with Crippen LogP contribution in [0.3, 0.4) is 0 Å².